The van der Waals surface area contributed by atoms with Gasteiger partial charge in [0.1, 0.15) is 0 Å². The molecule has 2 rings (SSSR count). The fraction of sp³-hybridized carbons (Fsp3) is 0.0909. The Balaban J connectivity index is 2.41. The Bertz CT molecular complexity index is 469. The highest BCUT2D eigenvalue weighted by Crippen LogP contribution is 2.31. The predicted octanol–water partition coefficient (Wildman–Crippen LogP) is 4.16. The van der Waals surface area contributed by atoms with E-state index in [4.69, 9.17) is 5.73 Å². The third-order valence-electron chi connectivity index (χ3n) is 2.22. The van der Waals surface area contributed by atoms with E-state index in [0.717, 1.165) is 10.0 Å². The van der Waals surface area contributed by atoms with Crippen molar-refractivity contribution in [1.82, 2.24) is 0 Å². The summed E-state index contributed by atoms with van der Waals surface area (Å²) < 4.78 is 2.31. The molecule has 0 aliphatic rings. The molecule has 0 spiro atoms. The number of halogens is 2. The highest BCUT2D eigenvalue weighted by atomic mass is 127. The molecule has 0 aliphatic carbocycles. The minimum Gasteiger partial charge on any atom is -0.320 e. The second-order valence-corrected chi connectivity index (χ2v) is 5.93. The molecule has 0 radical (unpaired) electrons. The van der Waals surface area contributed by atoms with Gasteiger partial charge >= 0.3 is 0 Å². The molecule has 15 heavy (non-hydrogen) atoms. The SMILES string of the molecule is NC(c1cscc1Br)c1ccccc1I. The maximum atomic E-state index is 6.23. The highest BCUT2D eigenvalue weighted by molar-refractivity contribution is 14.1. The quantitative estimate of drug-likeness (QED) is 0.761. The molecule has 2 aromatic rings. The topological polar surface area (TPSA) is 26.0 Å². The summed E-state index contributed by atoms with van der Waals surface area (Å²) >= 11 is 7.50. The minimum absolute atomic E-state index is 0.0428. The lowest BCUT2D eigenvalue weighted by Crippen LogP contribution is -2.12. The molecular formula is C11H9BrINS. The van der Waals surface area contributed by atoms with Crippen LogP contribution in [0.3, 0.4) is 0 Å². The second kappa shape index (κ2) is 4.95. The Morgan fingerprint density at radius 1 is 1.20 bits per heavy atom. The zero-order chi connectivity index (χ0) is 10.8. The summed E-state index contributed by atoms with van der Waals surface area (Å²) in [6.07, 6.45) is 0. The second-order valence-electron chi connectivity index (χ2n) is 3.17. The van der Waals surface area contributed by atoms with Gasteiger partial charge in [-0.3, -0.25) is 0 Å². The average Bonchev–Trinajstić information content (AvgIpc) is 2.64. The van der Waals surface area contributed by atoms with Gasteiger partial charge in [-0.05, 0) is 61.1 Å². The van der Waals surface area contributed by atoms with Gasteiger partial charge in [0, 0.05) is 13.4 Å². The van der Waals surface area contributed by atoms with Gasteiger partial charge in [0.25, 0.3) is 0 Å². The van der Waals surface area contributed by atoms with Gasteiger partial charge in [0.05, 0.1) is 6.04 Å². The molecule has 0 fully saturated rings. The number of thiophene rings is 1. The number of nitrogens with two attached hydrogens (primary N) is 1. The number of hydrogen-bond donors (Lipinski definition) is 1. The van der Waals surface area contributed by atoms with E-state index in [1.165, 1.54) is 9.13 Å². The summed E-state index contributed by atoms with van der Waals surface area (Å²) in [5.74, 6) is 0. The van der Waals surface area contributed by atoms with Gasteiger partial charge in [0.2, 0.25) is 0 Å². The first-order chi connectivity index (χ1) is 7.20. The van der Waals surface area contributed by atoms with Crippen molar-refractivity contribution in [3.8, 4) is 0 Å². The number of rotatable bonds is 2. The molecule has 0 saturated carbocycles. The maximum absolute atomic E-state index is 6.23. The van der Waals surface area contributed by atoms with Gasteiger partial charge in [0.15, 0.2) is 0 Å². The zero-order valence-corrected chi connectivity index (χ0v) is 12.3. The molecule has 0 aliphatic heterocycles. The van der Waals surface area contributed by atoms with E-state index in [2.05, 4.69) is 61.4 Å². The minimum atomic E-state index is -0.0428. The summed E-state index contributed by atoms with van der Waals surface area (Å²) in [6, 6.07) is 8.17. The summed E-state index contributed by atoms with van der Waals surface area (Å²) in [5, 5.41) is 4.16. The molecule has 1 aromatic carbocycles. The lowest BCUT2D eigenvalue weighted by molar-refractivity contribution is 0.865. The average molecular weight is 394 g/mol. The zero-order valence-electron chi connectivity index (χ0n) is 7.78. The van der Waals surface area contributed by atoms with Gasteiger partial charge in [-0.25, -0.2) is 0 Å². The van der Waals surface area contributed by atoms with E-state index >= 15 is 0 Å². The first kappa shape index (κ1) is 11.6. The molecule has 0 bridgehead atoms. The Morgan fingerprint density at radius 3 is 2.53 bits per heavy atom. The van der Waals surface area contributed by atoms with Crippen LogP contribution >= 0.6 is 49.9 Å². The summed E-state index contributed by atoms with van der Waals surface area (Å²) in [4.78, 5) is 0. The Labute approximate surface area is 115 Å². The summed E-state index contributed by atoms with van der Waals surface area (Å²) in [6.45, 7) is 0. The van der Waals surface area contributed by atoms with E-state index in [0.29, 0.717) is 0 Å². The smallest absolute Gasteiger partial charge is 0.0581 e. The number of benzene rings is 1. The van der Waals surface area contributed by atoms with Crippen molar-refractivity contribution in [1.29, 1.82) is 0 Å². The fourth-order valence-corrected chi connectivity index (χ4v) is 3.71. The van der Waals surface area contributed by atoms with Crippen LogP contribution in [0.2, 0.25) is 0 Å². The molecule has 0 saturated heterocycles. The van der Waals surface area contributed by atoms with Crippen LogP contribution in [0.15, 0.2) is 39.5 Å². The lowest BCUT2D eigenvalue weighted by atomic mass is 10.0. The molecule has 78 valence electrons. The molecule has 1 heterocycles. The van der Waals surface area contributed by atoms with Gasteiger partial charge < -0.3 is 5.73 Å². The molecule has 1 nitrogen and oxygen atoms in total. The molecular weight excluding hydrogens is 385 g/mol. The Kier molecular flexibility index (Phi) is 3.82. The third-order valence-corrected chi connectivity index (χ3v) is 4.95. The molecule has 2 N–H and O–H groups in total. The van der Waals surface area contributed by atoms with Crippen LogP contribution in [-0.2, 0) is 0 Å². The molecule has 1 aromatic heterocycles. The van der Waals surface area contributed by atoms with Crippen LogP contribution in [0.4, 0.5) is 0 Å². The van der Waals surface area contributed by atoms with Crippen LogP contribution < -0.4 is 5.73 Å². The van der Waals surface area contributed by atoms with E-state index in [9.17, 15) is 0 Å². The van der Waals surface area contributed by atoms with Crippen LogP contribution in [-0.4, -0.2) is 0 Å². The summed E-state index contributed by atoms with van der Waals surface area (Å²) in [7, 11) is 0. The largest absolute Gasteiger partial charge is 0.320 e. The van der Waals surface area contributed by atoms with E-state index in [1.807, 2.05) is 12.1 Å². The molecule has 1 unspecified atom stereocenters. The van der Waals surface area contributed by atoms with Crippen molar-refractivity contribution in [2.45, 2.75) is 6.04 Å². The van der Waals surface area contributed by atoms with Crippen molar-refractivity contribution >= 4 is 49.9 Å². The van der Waals surface area contributed by atoms with Crippen molar-refractivity contribution in [2.24, 2.45) is 5.73 Å². The van der Waals surface area contributed by atoms with Gasteiger partial charge in [-0.2, -0.15) is 11.3 Å². The van der Waals surface area contributed by atoms with E-state index in [-0.39, 0.29) is 6.04 Å². The van der Waals surface area contributed by atoms with Crippen LogP contribution in [0.25, 0.3) is 0 Å². The Hall–Kier alpha value is 0.0900. The van der Waals surface area contributed by atoms with Crippen molar-refractivity contribution in [2.75, 3.05) is 0 Å². The Morgan fingerprint density at radius 2 is 1.93 bits per heavy atom. The van der Waals surface area contributed by atoms with Gasteiger partial charge in [-0.1, -0.05) is 18.2 Å². The first-order valence-electron chi connectivity index (χ1n) is 4.41. The van der Waals surface area contributed by atoms with E-state index < -0.39 is 0 Å². The molecule has 1 atom stereocenters. The third kappa shape index (κ3) is 2.43. The highest BCUT2D eigenvalue weighted by Gasteiger charge is 2.14. The van der Waals surface area contributed by atoms with Crippen LogP contribution in [0.5, 0.6) is 0 Å². The van der Waals surface area contributed by atoms with Gasteiger partial charge in [-0.15, -0.1) is 0 Å². The first-order valence-corrected chi connectivity index (χ1v) is 7.23. The maximum Gasteiger partial charge on any atom is 0.0581 e. The fourth-order valence-electron chi connectivity index (χ4n) is 1.41. The van der Waals surface area contributed by atoms with Crippen LogP contribution in [0.1, 0.15) is 17.2 Å². The predicted molar refractivity (Wildman–Crippen MR) is 77.2 cm³/mol. The monoisotopic (exact) mass is 393 g/mol. The van der Waals surface area contributed by atoms with Crippen molar-refractivity contribution in [3.63, 3.8) is 0 Å². The molecule has 4 heteroatoms. The number of hydrogen-bond acceptors (Lipinski definition) is 2. The molecule has 0 amide bonds. The van der Waals surface area contributed by atoms with E-state index in [1.54, 1.807) is 11.3 Å². The van der Waals surface area contributed by atoms with Crippen molar-refractivity contribution < 1.29 is 0 Å². The van der Waals surface area contributed by atoms with Crippen molar-refractivity contribution in [3.05, 3.63) is 54.2 Å². The standard InChI is InChI=1S/C11H9BrINS/c12-9-6-15-5-8(9)11(14)7-3-1-2-4-10(7)13/h1-6,11H,14H2. The lowest BCUT2D eigenvalue weighted by Gasteiger charge is -2.13. The van der Waals surface area contributed by atoms with Crippen LogP contribution in [0, 0.1) is 3.57 Å². The summed E-state index contributed by atoms with van der Waals surface area (Å²) in [5.41, 5.74) is 8.57. The normalized spacial score (nSPS) is 12.7.